The second-order valence-electron chi connectivity index (χ2n) is 6.06. The fourth-order valence-electron chi connectivity index (χ4n) is 3.32. The first-order valence-corrected chi connectivity index (χ1v) is 7.99. The second kappa shape index (κ2) is 6.50. The molecule has 23 heavy (non-hydrogen) atoms. The number of hydrogen-bond acceptors (Lipinski definition) is 2. The molecule has 0 spiro atoms. The summed E-state index contributed by atoms with van der Waals surface area (Å²) in [5.74, 6) is -0.629. The molecule has 1 aliphatic rings. The first-order chi connectivity index (χ1) is 11.1. The van der Waals surface area contributed by atoms with E-state index in [4.69, 9.17) is 5.73 Å². The van der Waals surface area contributed by atoms with Crippen molar-refractivity contribution < 1.29 is 9.18 Å². The van der Waals surface area contributed by atoms with Gasteiger partial charge in [0.05, 0.1) is 18.0 Å². The standard InChI is InChI=1S/C19H21FN2O/c1-2-15(12-7-9-14(20)10-8-12)19(23)22-17-11-13-5-3-4-6-16(13)18(17)21/h3-10,15,17-18H,2,11,21H2,1H3,(H,22,23)/t15?,17-,18-/m1/s1. The molecular formula is C19H21FN2O. The molecule has 0 saturated heterocycles. The predicted molar refractivity (Wildman–Crippen MR) is 88.4 cm³/mol. The van der Waals surface area contributed by atoms with E-state index < -0.39 is 0 Å². The first kappa shape index (κ1) is 15.7. The summed E-state index contributed by atoms with van der Waals surface area (Å²) in [6.07, 6.45) is 1.41. The van der Waals surface area contributed by atoms with Crippen molar-refractivity contribution in [1.82, 2.24) is 5.32 Å². The molecule has 4 heteroatoms. The van der Waals surface area contributed by atoms with Crippen LogP contribution in [0.15, 0.2) is 48.5 Å². The molecule has 3 atom stereocenters. The highest BCUT2D eigenvalue weighted by atomic mass is 19.1. The Kier molecular flexibility index (Phi) is 4.44. The van der Waals surface area contributed by atoms with Gasteiger partial charge >= 0.3 is 0 Å². The minimum atomic E-state index is -0.294. The third-order valence-electron chi connectivity index (χ3n) is 4.61. The molecule has 2 aromatic carbocycles. The highest BCUT2D eigenvalue weighted by Crippen LogP contribution is 2.30. The normalized spacial score (nSPS) is 20.8. The quantitative estimate of drug-likeness (QED) is 0.911. The van der Waals surface area contributed by atoms with Crippen LogP contribution in [0.1, 0.15) is 42.0 Å². The molecule has 0 aromatic heterocycles. The molecule has 0 fully saturated rings. The van der Waals surface area contributed by atoms with Gasteiger partial charge in [0.25, 0.3) is 0 Å². The molecule has 1 aliphatic carbocycles. The van der Waals surface area contributed by atoms with Gasteiger partial charge < -0.3 is 11.1 Å². The fourth-order valence-corrected chi connectivity index (χ4v) is 3.32. The Hall–Kier alpha value is -2.20. The van der Waals surface area contributed by atoms with E-state index in [1.165, 1.54) is 17.7 Å². The molecule has 3 nitrogen and oxygen atoms in total. The third-order valence-corrected chi connectivity index (χ3v) is 4.61. The van der Waals surface area contributed by atoms with Gasteiger partial charge in [-0.1, -0.05) is 43.3 Å². The average Bonchev–Trinajstić information content (AvgIpc) is 2.86. The monoisotopic (exact) mass is 312 g/mol. The lowest BCUT2D eigenvalue weighted by atomic mass is 9.95. The maximum absolute atomic E-state index is 13.1. The van der Waals surface area contributed by atoms with Gasteiger partial charge in [0.1, 0.15) is 5.82 Å². The van der Waals surface area contributed by atoms with Crippen LogP contribution >= 0.6 is 0 Å². The number of benzene rings is 2. The summed E-state index contributed by atoms with van der Waals surface area (Å²) in [6.45, 7) is 1.96. The largest absolute Gasteiger partial charge is 0.351 e. The van der Waals surface area contributed by atoms with Gasteiger partial charge in [-0.05, 0) is 41.7 Å². The van der Waals surface area contributed by atoms with E-state index in [9.17, 15) is 9.18 Å². The van der Waals surface area contributed by atoms with Crippen molar-refractivity contribution in [3.63, 3.8) is 0 Å². The Balaban J connectivity index is 1.72. The van der Waals surface area contributed by atoms with Crippen LogP contribution in [0.2, 0.25) is 0 Å². The molecule has 0 heterocycles. The van der Waals surface area contributed by atoms with Crippen molar-refractivity contribution in [2.24, 2.45) is 5.73 Å². The van der Waals surface area contributed by atoms with Crippen molar-refractivity contribution >= 4 is 5.91 Å². The second-order valence-corrected chi connectivity index (χ2v) is 6.06. The molecule has 3 rings (SSSR count). The third kappa shape index (κ3) is 3.13. The predicted octanol–water partition coefficient (Wildman–Crippen LogP) is 3.06. The summed E-state index contributed by atoms with van der Waals surface area (Å²) in [5, 5.41) is 3.08. The van der Waals surface area contributed by atoms with E-state index in [-0.39, 0.29) is 29.7 Å². The van der Waals surface area contributed by atoms with E-state index in [2.05, 4.69) is 11.4 Å². The summed E-state index contributed by atoms with van der Waals surface area (Å²) in [6, 6.07) is 13.9. The summed E-state index contributed by atoms with van der Waals surface area (Å²) < 4.78 is 13.1. The number of hydrogen-bond donors (Lipinski definition) is 2. The highest BCUT2D eigenvalue weighted by molar-refractivity contribution is 5.84. The van der Waals surface area contributed by atoms with Crippen LogP contribution in [-0.4, -0.2) is 11.9 Å². The minimum absolute atomic E-state index is 0.0487. The number of carbonyl (C=O) groups is 1. The van der Waals surface area contributed by atoms with Crippen molar-refractivity contribution in [3.8, 4) is 0 Å². The van der Waals surface area contributed by atoms with Gasteiger partial charge in [-0.2, -0.15) is 0 Å². The molecule has 1 unspecified atom stereocenters. The van der Waals surface area contributed by atoms with Crippen LogP contribution in [0.5, 0.6) is 0 Å². The smallest absolute Gasteiger partial charge is 0.227 e. The van der Waals surface area contributed by atoms with Gasteiger partial charge in [0, 0.05) is 0 Å². The van der Waals surface area contributed by atoms with Crippen LogP contribution in [0.25, 0.3) is 0 Å². The number of halogens is 1. The Bertz CT molecular complexity index is 699. The van der Waals surface area contributed by atoms with Crippen LogP contribution < -0.4 is 11.1 Å². The van der Waals surface area contributed by atoms with E-state index in [1.54, 1.807) is 12.1 Å². The number of nitrogens with two attached hydrogens (primary N) is 1. The topological polar surface area (TPSA) is 55.1 Å². The van der Waals surface area contributed by atoms with Crippen molar-refractivity contribution in [3.05, 3.63) is 71.0 Å². The van der Waals surface area contributed by atoms with Crippen LogP contribution in [0, 0.1) is 5.82 Å². The minimum Gasteiger partial charge on any atom is -0.351 e. The lowest BCUT2D eigenvalue weighted by molar-refractivity contribution is -0.123. The SMILES string of the molecule is CCC(C(=O)N[C@@H]1Cc2ccccc2[C@H]1N)c1ccc(F)cc1. The Morgan fingerprint density at radius 1 is 1.26 bits per heavy atom. The van der Waals surface area contributed by atoms with Crippen molar-refractivity contribution in [2.45, 2.75) is 37.8 Å². The summed E-state index contributed by atoms with van der Waals surface area (Å²) in [4.78, 5) is 12.7. The maximum atomic E-state index is 13.1. The van der Waals surface area contributed by atoms with Crippen molar-refractivity contribution in [2.75, 3.05) is 0 Å². The van der Waals surface area contributed by atoms with Crippen molar-refractivity contribution in [1.29, 1.82) is 0 Å². The zero-order valence-corrected chi connectivity index (χ0v) is 13.1. The number of fused-ring (bicyclic) bond motifs is 1. The maximum Gasteiger partial charge on any atom is 0.227 e. The van der Waals surface area contributed by atoms with E-state index in [0.29, 0.717) is 6.42 Å². The lowest BCUT2D eigenvalue weighted by Gasteiger charge is -2.22. The van der Waals surface area contributed by atoms with Gasteiger partial charge in [-0.3, -0.25) is 4.79 Å². The fraction of sp³-hybridized carbons (Fsp3) is 0.316. The number of amides is 1. The number of carbonyl (C=O) groups excluding carboxylic acids is 1. The molecular weight excluding hydrogens is 291 g/mol. The zero-order chi connectivity index (χ0) is 16.4. The Morgan fingerprint density at radius 3 is 2.61 bits per heavy atom. The Labute approximate surface area is 135 Å². The average molecular weight is 312 g/mol. The molecule has 1 amide bonds. The van der Waals surface area contributed by atoms with Gasteiger partial charge in [-0.25, -0.2) is 4.39 Å². The van der Waals surface area contributed by atoms with E-state index >= 15 is 0 Å². The van der Waals surface area contributed by atoms with Gasteiger partial charge in [0.2, 0.25) is 5.91 Å². The number of rotatable bonds is 4. The lowest BCUT2D eigenvalue weighted by Crippen LogP contribution is -2.42. The van der Waals surface area contributed by atoms with Crippen LogP contribution in [0.4, 0.5) is 4.39 Å². The summed E-state index contributed by atoms with van der Waals surface area (Å²) >= 11 is 0. The van der Waals surface area contributed by atoms with Crippen LogP contribution in [0.3, 0.4) is 0 Å². The summed E-state index contributed by atoms with van der Waals surface area (Å²) in [5.41, 5.74) is 9.40. The molecule has 120 valence electrons. The number of nitrogens with one attached hydrogen (secondary N) is 1. The van der Waals surface area contributed by atoms with Gasteiger partial charge in [-0.15, -0.1) is 0 Å². The molecule has 2 aromatic rings. The molecule has 0 saturated carbocycles. The Morgan fingerprint density at radius 2 is 1.96 bits per heavy atom. The zero-order valence-electron chi connectivity index (χ0n) is 13.1. The highest BCUT2D eigenvalue weighted by Gasteiger charge is 2.32. The molecule has 0 radical (unpaired) electrons. The molecule has 0 bridgehead atoms. The molecule has 0 aliphatic heterocycles. The first-order valence-electron chi connectivity index (χ1n) is 7.99. The molecule has 3 N–H and O–H groups in total. The van der Waals surface area contributed by atoms with E-state index in [0.717, 1.165) is 17.5 Å². The summed E-state index contributed by atoms with van der Waals surface area (Å²) in [7, 11) is 0. The van der Waals surface area contributed by atoms with Crippen LogP contribution in [-0.2, 0) is 11.2 Å². The van der Waals surface area contributed by atoms with Gasteiger partial charge in [0.15, 0.2) is 0 Å². The van der Waals surface area contributed by atoms with E-state index in [1.807, 2.05) is 25.1 Å².